The molecular formula is C4F4N2O2. The summed E-state index contributed by atoms with van der Waals surface area (Å²) in [5, 5.41) is 0. The molecule has 1 aromatic heterocycles. The second kappa shape index (κ2) is 2.47. The number of aromatic nitrogens is 2. The largest absolute Gasteiger partial charge is 0.391 e. The van der Waals surface area contributed by atoms with Crippen molar-refractivity contribution in [2.75, 3.05) is 0 Å². The highest BCUT2D eigenvalue weighted by atomic mass is 19.2. The molecular weight excluding hydrogens is 184 g/mol. The Morgan fingerprint density at radius 2 is 1.50 bits per heavy atom. The maximum Gasteiger partial charge on any atom is 0.391 e. The third-order valence-electron chi connectivity index (χ3n) is 1.06. The van der Waals surface area contributed by atoms with Gasteiger partial charge in [-0.1, -0.05) is 18.5 Å². The third kappa shape index (κ3) is 0.917. The molecule has 0 bridgehead atoms. The Kier molecular flexibility index (Phi) is 1.75. The minimum absolute atomic E-state index is 1.38. The van der Waals surface area contributed by atoms with Crippen LogP contribution in [-0.2, 0) is 0 Å². The molecule has 0 aliphatic rings. The summed E-state index contributed by atoms with van der Waals surface area (Å²) in [4.78, 5) is 17.5. The van der Waals surface area contributed by atoms with E-state index in [0.717, 1.165) is 0 Å². The van der Waals surface area contributed by atoms with Crippen molar-refractivity contribution in [2.24, 2.45) is 0 Å². The molecule has 0 spiro atoms. The minimum Gasteiger partial charge on any atom is -0.263 e. The highest BCUT2D eigenvalue weighted by molar-refractivity contribution is 4.89. The van der Waals surface area contributed by atoms with E-state index in [2.05, 4.69) is 0 Å². The molecule has 0 radical (unpaired) electrons. The molecule has 1 aromatic rings. The van der Waals surface area contributed by atoms with E-state index in [9.17, 15) is 27.3 Å². The van der Waals surface area contributed by atoms with Gasteiger partial charge in [-0.2, -0.15) is 8.78 Å². The zero-order valence-electron chi connectivity index (χ0n) is 5.22. The average Bonchev–Trinajstić information content (AvgIpc) is 2.08. The van der Waals surface area contributed by atoms with E-state index in [4.69, 9.17) is 0 Å². The van der Waals surface area contributed by atoms with Crippen LogP contribution in [-0.4, -0.2) is 9.58 Å². The fraction of sp³-hybridized carbons (Fsp3) is 0. The summed E-state index contributed by atoms with van der Waals surface area (Å²) in [6.45, 7) is 0. The molecule has 0 unspecified atom stereocenters. The van der Waals surface area contributed by atoms with Crippen molar-refractivity contribution in [3.8, 4) is 0 Å². The highest BCUT2D eigenvalue weighted by Crippen LogP contribution is 1.95. The molecule has 4 nitrogen and oxygen atoms in total. The Balaban J connectivity index is 3.86. The lowest BCUT2D eigenvalue weighted by Gasteiger charge is -1.95. The van der Waals surface area contributed by atoms with Gasteiger partial charge in [0.2, 0.25) is 5.82 Å². The number of hydrogen-bond acceptors (Lipinski definition) is 2. The Morgan fingerprint density at radius 3 is 2.00 bits per heavy atom. The van der Waals surface area contributed by atoms with E-state index < -0.39 is 32.6 Å². The molecule has 0 aliphatic heterocycles. The molecule has 0 fully saturated rings. The van der Waals surface area contributed by atoms with Crippen LogP contribution in [0.3, 0.4) is 0 Å². The van der Waals surface area contributed by atoms with Crippen molar-refractivity contribution in [3.63, 3.8) is 0 Å². The van der Waals surface area contributed by atoms with Gasteiger partial charge in [0.1, 0.15) is 0 Å². The van der Waals surface area contributed by atoms with Crippen molar-refractivity contribution in [1.29, 1.82) is 0 Å². The standard InChI is InChI=1S/C4F4N2O2/c5-1-2(6)9(7)4(12)10(8)3(1)11. The molecule has 0 aromatic carbocycles. The van der Waals surface area contributed by atoms with Crippen LogP contribution in [0.2, 0.25) is 0 Å². The van der Waals surface area contributed by atoms with Gasteiger partial charge in [0.25, 0.3) is 5.95 Å². The second-order valence-electron chi connectivity index (χ2n) is 1.75. The lowest BCUT2D eigenvalue weighted by atomic mass is 10.6. The fourth-order valence-electron chi connectivity index (χ4n) is 0.509. The van der Waals surface area contributed by atoms with Gasteiger partial charge in [0.05, 0.1) is 0 Å². The summed E-state index contributed by atoms with van der Waals surface area (Å²) < 4.78 is 48.2. The number of hydrogen-bond donors (Lipinski definition) is 0. The predicted octanol–water partition coefficient (Wildman–Crippen LogP) is -0.247. The summed E-state index contributed by atoms with van der Waals surface area (Å²) in [6.07, 6.45) is 0. The molecule has 1 heterocycles. The average molecular weight is 184 g/mol. The maximum absolute atomic E-state index is 12.1. The van der Waals surface area contributed by atoms with Crippen molar-refractivity contribution < 1.29 is 17.7 Å². The van der Waals surface area contributed by atoms with Crippen molar-refractivity contribution in [2.45, 2.75) is 0 Å². The summed E-state index contributed by atoms with van der Waals surface area (Å²) >= 11 is 0. The lowest BCUT2D eigenvalue weighted by Crippen LogP contribution is -2.37. The van der Waals surface area contributed by atoms with Crippen molar-refractivity contribution in [1.82, 2.24) is 9.58 Å². The SMILES string of the molecule is O=c1c(F)c(F)n(F)c(=O)n1F. The zero-order valence-corrected chi connectivity index (χ0v) is 5.22. The van der Waals surface area contributed by atoms with Crippen LogP contribution in [0.1, 0.15) is 0 Å². The van der Waals surface area contributed by atoms with Crippen molar-refractivity contribution >= 4 is 0 Å². The van der Waals surface area contributed by atoms with Crippen LogP contribution in [0, 0.1) is 11.8 Å². The van der Waals surface area contributed by atoms with E-state index in [1.165, 1.54) is 0 Å². The number of rotatable bonds is 0. The maximum atomic E-state index is 12.1. The number of nitrogens with zero attached hydrogens (tertiary/aromatic N) is 2. The molecule has 0 atom stereocenters. The van der Waals surface area contributed by atoms with Crippen LogP contribution < -0.4 is 11.2 Å². The van der Waals surface area contributed by atoms with Gasteiger partial charge in [-0.15, -0.1) is 0 Å². The monoisotopic (exact) mass is 184 g/mol. The molecule has 66 valence electrons. The van der Waals surface area contributed by atoms with Gasteiger partial charge in [-0.25, -0.2) is 4.79 Å². The first-order valence-electron chi connectivity index (χ1n) is 2.52. The Hall–Kier alpha value is -1.60. The summed E-state index contributed by atoms with van der Waals surface area (Å²) in [5.74, 6) is -4.64. The molecule has 0 N–H and O–H groups in total. The Bertz CT molecular complexity index is 397. The highest BCUT2D eigenvalue weighted by Gasteiger charge is 2.18. The zero-order chi connectivity index (χ0) is 9.46. The summed E-state index contributed by atoms with van der Waals surface area (Å²) in [7, 11) is 0. The van der Waals surface area contributed by atoms with Crippen LogP contribution in [0.5, 0.6) is 0 Å². The summed E-state index contributed by atoms with van der Waals surface area (Å²) in [6, 6.07) is 0. The van der Waals surface area contributed by atoms with Gasteiger partial charge in [-0.05, 0) is 0 Å². The Morgan fingerprint density at radius 1 is 1.00 bits per heavy atom. The summed E-state index contributed by atoms with van der Waals surface area (Å²) in [5.41, 5.74) is -4.38. The van der Waals surface area contributed by atoms with Crippen LogP contribution in [0.25, 0.3) is 0 Å². The predicted molar refractivity (Wildman–Crippen MR) is 27.9 cm³/mol. The van der Waals surface area contributed by atoms with Gasteiger partial charge in [-0.3, -0.25) is 4.79 Å². The van der Waals surface area contributed by atoms with Crippen LogP contribution in [0.4, 0.5) is 17.7 Å². The molecule has 0 amide bonds. The van der Waals surface area contributed by atoms with E-state index in [1.54, 1.807) is 0 Å². The van der Waals surface area contributed by atoms with E-state index in [-0.39, 0.29) is 0 Å². The second-order valence-corrected chi connectivity index (χ2v) is 1.75. The first kappa shape index (κ1) is 8.50. The topological polar surface area (TPSA) is 44.0 Å². The quantitative estimate of drug-likeness (QED) is 0.412. The van der Waals surface area contributed by atoms with Gasteiger partial charge in [0, 0.05) is 0 Å². The minimum atomic E-state index is -2.35. The smallest absolute Gasteiger partial charge is 0.263 e. The van der Waals surface area contributed by atoms with Crippen LogP contribution in [0.15, 0.2) is 9.59 Å². The molecule has 0 saturated carbocycles. The molecule has 1 rings (SSSR count). The lowest BCUT2D eigenvalue weighted by molar-refractivity contribution is 0.200. The normalized spacial score (nSPS) is 10.3. The van der Waals surface area contributed by atoms with Gasteiger partial charge >= 0.3 is 11.2 Å². The molecule has 0 aliphatic carbocycles. The van der Waals surface area contributed by atoms with E-state index in [0.29, 0.717) is 0 Å². The Labute approximate surface area is 61.1 Å². The molecule has 8 heteroatoms. The van der Waals surface area contributed by atoms with Crippen LogP contribution >= 0.6 is 0 Å². The first-order chi connectivity index (χ1) is 5.46. The van der Waals surface area contributed by atoms with Crippen molar-refractivity contribution in [3.05, 3.63) is 32.6 Å². The molecule has 0 saturated heterocycles. The fourth-order valence-corrected chi connectivity index (χ4v) is 0.509. The van der Waals surface area contributed by atoms with E-state index >= 15 is 0 Å². The number of halogens is 4. The van der Waals surface area contributed by atoms with Gasteiger partial charge in [0.15, 0.2) is 0 Å². The van der Waals surface area contributed by atoms with Gasteiger partial charge < -0.3 is 0 Å². The first-order valence-corrected chi connectivity index (χ1v) is 2.52. The van der Waals surface area contributed by atoms with E-state index in [1.807, 2.05) is 0 Å². The molecule has 12 heavy (non-hydrogen) atoms. The third-order valence-corrected chi connectivity index (χ3v) is 1.06.